The summed E-state index contributed by atoms with van der Waals surface area (Å²) in [5, 5.41) is 4.29. The van der Waals surface area contributed by atoms with Crippen LogP contribution >= 0.6 is 0 Å². The first-order valence-corrected chi connectivity index (χ1v) is 6.09. The number of para-hydroxylation sites is 1. The van der Waals surface area contributed by atoms with Gasteiger partial charge in [-0.3, -0.25) is 0 Å². The van der Waals surface area contributed by atoms with Crippen molar-refractivity contribution in [2.75, 3.05) is 7.05 Å². The summed E-state index contributed by atoms with van der Waals surface area (Å²) in [6.45, 7) is 0.889. The maximum absolute atomic E-state index is 5.84. The zero-order valence-electron chi connectivity index (χ0n) is 10.3. The highest BCUT2D eigenvalue weighted by Crippen LogP contribution is 2.27. The van der Waals surface area contributed by atoms with Crippen LogP contribution in [0.3, 0.4) is 0 Å². The highest BCUT2D eigenvalue weighted by atomic mass is 16.3. The number of fused-ring (bicyclic) bond motifs is 1. The first kappa shape index (κ1) is 11.1. The van der Waals surface area contributed by atoms with Gasteiger partial charge in [-0.1, -0.05) is 42.5 Å². The molecule has 1 N–H and O–H groups in total. The van der Waals surface area contributed by atoms with Gasteiger partial charge in [-0.05, 0) is 24.7 Å². The Hall–Kier alpha value is -2.06. The van der Waals surface area contributed by atoms with Gasteiger partial charge in [0.25, 0.3) is 0 Å². The number of nitrogens with one attached hydrogen (secondary N) is 1. The van der Waals surface area contributed by atoms with Crippen LogP contribution in [0.5, 0.6) is 0 Å². The molecule has 3 aromatic rings. The molecule has 2 nitrogen and oxygen atoms in total. The average Bonchev–Trinajstić information content (AvgIpc) is 2.84. The van der Waals surface area contributed by atoms with Crippen molar-refractivity contribution >= 4 is 11.0 Å². The van der Waals surface area contributed by atoms with E-state index in [1.54, 1.807) is 0 Å². The number of furan rings is 1. The number of rotatable bonds is 3. The molecule has 0 aliphatic rings. The van der Waals surface area contributed by atoms with E-state index >= 15 is 0 Å². The van der Waals surface area contributed by atoms with Crippen LogP contribution in [0.2, 0.25) is 0 Å². The second-order valence-electron chi connectivity index (χ2n) is 4.38. The molecular formula is C16H15NO. The van der Waals surface area contributed by atoms with Gasteiger partial charge in [0.15, 0.2) is 0 Å². The quantitative estimate of drug-likeness (QED) is 0.749. The lowest BCUT2D eigenvalue weighted by molar-refractivity contribution is 0.631. The molecule has 1 aromatic heterocycles. The molecule has 2 heteroatoms. The first-order valence-electron chi connectivity index (χ1n) is 6.09. The van der Waals surface area contributed by atoms with Crippen molar-refractivity contribution in [2.45, 2.75) is 6.54 Å². The highest BCUT2D eigenvalue weighted by molar-refractivity contribution is 5.82. The molecule has 90 valence electrons. The largest absolute Gasteiger partial charge is 0.456 e. The van der Waals surface area contributed by atoms with Crippen LogP contribution in [0.1, 0.15) is 5.56 Å². The van der Waals surface area contributed by atoms with Gasteiger partial charge in [0.2, 0.25) is 0 Å². The van der Waals surface area contributed by atoms with Crippen LogP contribution in [0, 0.1) is 0 Å². The zero-order chi connectivity index (χ0) is 12.4. The zero-order valence-corrected chi connectivity index (χ0v) is 10.3. The number of hydrogen-bond acceptors (Lipinski definition) is 2. The van der Waals surface area contributed by atoms with Crippen LogP contribution in [0.15, 0.2) is 59.0 Å². The molecule has 18 heavy (non-hydrogen) atoms. The Morgan fingerprint density at radius 1 is 1.00 bits per heavy atom. The maximum Gasteiger partial charge on any atom is 0.135 e. The second-order valence-corrected chi connectivity index (χ2v) is 4.38. The van der Waals surface area contributed by atoms with Crippen LogP contribution in [-0.4, -0.2) is 7.05 Å². The molecule has 0 spiro atoms. The Balaban J connectivity index is 1.98. The maximum atomic E-state index is 5.84. The average molecular weight is 237 g/mol. The van der Waals surface area contributed by atoms with Gasteiger partial charge in [0, 0.05) is 17.5 Å². The van der Waals surface area contributed by atoms with E-state index < -0.39 is 0 Å². The smallest absolute Gasteiger partial charge is 0.135 e. The van der Waals surface area contributed by atoms with Gasteiger partial charge in [-0.2, -0.15) is 0 Å². The van der Waals surface area contributed by atoms with Crippen molar-refractivity contribution in [2.24, 2.45) is 0 Å². The van der Waals surface area contributed by atoms with E-state index in [4.69, 9.17) is 4.42 Å². The van der Waals surface area contributed by atoms with E-state index in [1.165, 1.54) is 5.56 Å². The van der Waals surface area contributed by atoms with Crippen molar-refractivity contribution in [3.05, 3.63) is 60.2 Å². The van der Waals surface area contributed by atoms with E-state index in [0.717, 1.165) is 28.8 Å². The highest BCUT2D eigenvalue weighted by Gasteiger charge is 2.05. The molecule has 0 aliphatic heterocycles. The minimum atomic E-state index is 0.889. The van der Waals surface area contributed by atoms with Crippen LogP contribution in [0.4, 0.5) is 0 Å². The Bertz CT molecular complexity index is 619. The van der Waals surface area contributed by atoms with Gasteiger partial charge < -0.3 is 9.73 Å². The summed E-state index contributed by atoms with van der Waals surface area (Å²) in [6, 6.07) is 18.6. The lowest BCUT2D eigenvalue weighted by atomic mass is 10.1. The summed E-state index contributed by atoms with van der Waals surface area (Å²) in [6.07, 6.45) is 0. The third-order valence-corrected chi connectivity index (χ3v) is 3.04. The molecule has 0 fully saturated rings. The van der Waals surface area contributed by atoms with Crippen LogP contribution in [0.25, 0.3) is 22.3 Å². The molecule has 2 aromatic carbocycles. The normalized spacial score (nSPS) is 10.9. The van der Waals surface area contributed by atoms with Gasteiger partial charge in [0.1, 0.15) is 11.3 Å². The lowest BCUT2D eigenvalue weighted by Crippen LogP contribution is -2.04. The topological polar surface area (TPSA) is 25.2 Å². The van der Waals surface area contributed by atoms with Crippen molar-refractivity contribution in [1.82, 2.24) is 5.32 Å². The van der Waals surface area contributed by atoms with E-state index in [1.807, 2.05) is 25.2 Å². The summed E-state index contributed by atoms with van der Waals surface area (Å²) in [5.74, 6) is 0.923. The fourth-order valence-electron chi connectivity index (χ4n) is 2.12. The van der Waals surface area contributed by atoms with E-state index in [0.29, 0.717) is 0 Å². The lowest BCUT2D eigenvalue weighted by Gasteiger charge is -2.01. The Morgan fingerprint density at radius 2 is 1.78 bits per heavy atom. The molecule has 0 radical (unpaired) electrons. The Labute approximate surface area is 106 Å². The van der Waals surface area contributed by atoms with E-state index in [9.17, 15) is 0 Å². The van der Waals surface area contributed by atoms with E-state index in [2.05, 4.69) is 41.7 Å². The molecular weight excluding hydrogens is 222 g/mol. The number of benzene rings is 2. The Morgan fingerprint density at radius 3 is 2.50 bits per heavy atom. The summed E-state index contributed by atoms with van der Waals surface area (Å²) in [7, 11) is 1.95. The summed E-state index contributed by atoms with van der Waals surface area (Å²) < 4.78 is 5.84. The number of hydrogen-bond donors (Lipinski definition) is 1. The van der Waals surface area contributed by atoms with Gasteiger partial charge in [-0.15, -0.1) is 0 Å². The molecule has 0 saturated carbocycles. The molecule has 1 heterocycles. The minimum Gasteiger partial charge on any atom is -0.456 e. The van der Waals surface area contributed by atoms with Crippen molar-refractivity contribution in [3.63, 3.8) is 0 Å². The SMILES string of the molecule is CNCc1ccc(-c2cc3ccccc3o2)cc1. The van der Waals surface area contributed by atoms with E-state index in [-0.39, 0.29) is 0 Å². The Kier molecular flexibility index (Phi) is 2.87. The third-order valence-electron chi connectivity index (χ3n) is 3.04. The van der Waals surface area contributed by atoms with Crippen LogP contribution < -0.4 is 5.32 Å². The molecule has 0 saturated heterocycles. The fraction of sp³-hybridized carbons (Fsp3) is 0.125. The monoisotopic (exact) mass is 237 g/mol. The second kappa shape index (κ2) is 4.67. The molecule has 3 rings (SSSR count). The standard InChI is InChI=1S/C16H15NO/c1-17-11-12-6-8-13(9-7-12)16-10-14-4-2-3-5-15(14)18-16/h2-10,17H,11H2,1H3. The predicted octanol–water partition coefficient (Wildman–Crippen LogP) is 3.82. The summed E-state index contributed by atoms with van der Waals surface area (Å²) in [5.41, 5.74) is 3.33. The van der Waals surface area contributed by atoms with Gasteiger partial charge >= 0.3 is 0 Å². The molecule has 0 amide bonds. The van der Waals surface area contributed by atoms with Crippen molar-refractivity contribution < 1.29 is 4.42 Å². The first-order chi connectivity index (χ1) is 8.86. The van der Waals surface area contributed by atoms with Crippen molar-refractivity contribution in [3.8, 4) is 11.3 Å². The molecule has 0 atom stereocenters. The third kappa shape index (κ3) is 2.03. The molecule has 0 bridgehead atoms. The summed E-state index contributed by atoms with van der Waals surface area (Å²) in [4.78, 5) is 0. The molecule has 0 unspecified atom stereocenters. The van der Waals surface area contributed by atoms with Gasteiger partial charge in [-0.25, -0.2) is 0 Å². The van der Waals surface area contributed by atoms with Crippen molar-refractivity contribution in [1.29, 1.82) is 0 Å². The summed E-state index contributed by atoms with van der Waals surface area (Å²) >= 11 is 0. The predicted molar refractivity (Wildman–Crippen MR) is 74.4 cm³/mol. The van der Waals surface area contributed by atoms with Crippen LogP contribution in [-0.2, 0) is 6.54 Å². The fourth-order valence-corrected chi connectivity index (χ4v) is 2.12. The molecule has 0 aliphatic carbocycles. The van der Waals surface area contributed by atoms with Gasteiger partial charge in [0.05, 0.1) is 0 Å². The minimum absolute atomic E-state index is 0.889.